The molecule has 1 N–H and O–H groups in total. The molecule has 0 heterocycles. The van der Waals surface area contributed by atoms with Gasteiger partial charge in [-0.25, -0.2) is 0 Å². The van der Waals surface area contributed by atoms with E-state index in [1.807, 2.05) is 24.3 Å². The Morgan fingerprint density at radius 2 is 1.69 bits per heavy atom. The maximum absolute atomic E-state index is 11.1. The molecule has 1 unspecified atom stereocenters. The van der Waals surface area contributed by atoms with Crippen LogP contribution in [0.4, 0.5) is 0 Å². The van der Waals surface area contributed by atoms with Crippen molar-refractivity contribution in [2.24, 2.45) is 0 Å². The van der Waals surface area contributed by atoms with Crippen molar-refractivity contribution in [3.05, 3.63) is 71.4 Å². The van der Waals surface area contributed by atoms with E-state index in [0.717, 1.165) is 28.9 Å². The number of benzene rings is 1. The molecule has 1 atom stereocenters. The van der Waals surface area contributed by atoms with Crippen LogP contribution in [0.15, 0.2) is 60.2 Å². The Labute approximate surface area is 157 Å². The fraction of sp³-hybridized carbons (Fsp3) is 0.417. The molecule has 0 radical (unpaired) electrons. The highest BCUT2D eigenvalue weighted by Gasteiger charge is 2.37. The maximum atomic E-state index is 11.1. The first-order chi connectivity index (χ1) is 12.0. The van der Waals surface area contributed by atoms with Gasteiger partial charge in [0.15, 0.2) is 5.60 Å². The summed E-state index contributed by atoms with van der Waals surface area (Å²) in [6, 6.07) is 4.03. The van der Waals surface area contributed by atoms with Gasteiger partial charge in [-0.15, -0.1) is 0 Å². The summed E-state index contributed by atoms with van der Waals surface area (Å²) in [5.74, 6) is 1.11. The fourth-order valence-electron chi connectivity index (χ4n) is 3.72. The Bertz CT molecular complexity index is 823. The van der Waals surface area contributed by atoms with E-state index in [1.165, 1.54) is 0 Å². The molecule has 138 valence electrons. The molecule has 0 saturated carbocycles. The van der Waals surface area contributed by atoms with Crippen molar-refractivity contribution in [3.8, 4) is 11.5 Å². The van der Waals surface area contributed by atoms with Crippen LogP contribution in [0.1, 0.15) is 59.1 Å². The largest absolute Gasteiger partial charge is 0.507 e. The molecule has 1 aromatic rings. The fourth-order valence-corrected chi connectivity index (χ4v) is 3.72. The Balaban J connectivity index is 2.13. The summed E-state index contributed by atoms with van der Waals surface area (Å²) in [4.78, 5) is 0. The van der Waals surface area contributed by atoms with E-state index in [2.05, 4.69) is 71.9 Å². The number of rotatable bonds is 2. The summed E-state index contributed by atoms with van der Waals surface area (Å²) >= 11 is 0. The quantitative estimate of drug-likeness (QED) is 0.696. The number of phenolic OH excluding ortho intramolecular Hbond substituents is 1. The van der Waals surface area contributed by atoms with Crippen LogP contribution in [0, 0.1) is 0 Å². The number of hydrogen-bond acceptors (Lipinski definition) is 2. The molecule has 26 heavy (non-hydrogen) atoms. The average molecular weight is 351 g/mol. The van der Waals surface area contributed by atoms with Crippen LogP contribution in [0.3, 0.4) is 0 Å². The summed E-state index contributed by atoms with van der Waals surface area (Å²) in [6.45, 7) is 12.7. The van der Waals surface area contributed by atoms with E-state index < -0.39 is 5.60 Å². The van der Waals surface area contributed by atoms with Gasteiger partial charge in [-0.05, 0) is 34.1 Å². The molecule has 0 aliphatic heterocycles. The minimum Gasteiger partial charge on any atom is -0.507 e. The van der Waals surface area contributed by atoms with Crippen LogP contribution in [0.25, 0.3) is 0 Å². The lowest BCUT2D eigenvalue weighted by molar-refractivity contribution is 0.158. The Morgan fingerprint density at radius 1 is 0.962 bits per heavy atom. The monoisotopic (exact) mass is 350 g/mol. The molecule has 0 saturated heterocycles. The SMILES string of the molecule is CC(C)(C)c1ccc(OC23C=CC=CC2=CC=CC3)c(C(C)(C)C)c1O. The second-order valence-electron chi connectivity index (χ2n) is 9.30. The van der Waals surface area contributed by atoms with Crippen LogP contribution < -0.4 is 4.74 Å². The van der Waals surface area contributed by atoms with Crippen molar-refractivity contribution in [2.75, 3.05) is 0 Å². The average Bonchev–Trinajstić information content (AvgIpc) is 2.52. The van der Waals surface area contributed by atoms with Gasteiger partial charge in [0.05, 0.1) is 0 Å². The smallest absolute Gasteiger partial charge is 0.156 e. The van der Waals surface area contributed by atoms with Gasteiger partial charge in [0.1, 0.15) is 11.5 Å². The molecular weight excluding hydrogens is 320 g/mol. The third-order valence-electron chi connectivity index (χ3n) is 5.06. The highest BCUT2D eigenvalue weighted by molar-refractivity contribution is 5.56. The maximum Gasteiger partial charge on any atom is 0.156 e. The third-order valence-corrected chi connectivity index (χ3v) is 5.06. The standard InChI is InChI=1S/C24H30O2/c1-22(2,3)18-13-14-19(20(21(18)25)23(4,5)6)26-24-15-9-7-11-17(24)12-8-10-16-24/h7-15,25H,16H2,1-6H3. The van der Waals surface area contributed by atoms with Crippen LogP contribution in [-0.2, 0) is 10.8 Å². The summed E-state index contributed by atoms with van der Waals surface area (Å²) in [7, 11) is 0. The van der Waals surface area contributed by atoms with Crippen molar-refractivity contribution < 1.29 is 9.84 Å². The molecule has 2 nitrogen and oxygen atoms in total. The van der Waals surface area contributed by atoms with Crippen molar-refractivity contribution >= 4 is 0 Å². The molecule has 1 aromatic carbocycles. The van der Waals surface area contributed by atoms with E-state index >= 15 is 0 Å². The lowest BCUT2D eigenvalue weighted by Crippen LogP contribution is -2.38. The first-order valence-electron chi connectivity index (χ1n) is 9.34. The van der Waals surface area contributed by atoms with E-state index in [0.29, 0.717) is 5.75 Å². The van der Waals surface area contributed by atoms with E-state index in [4.69, 9.17) is 4.74 Å². The van der Waals surface area contributed by atoms with Gasteiger partial charge in [-0.3, -0.25) is 0 Å². The Hall–Kier alpha value is -2.22. The van der Waals surface area contributed by atoms with Gasteiger partial charge in [0.25, 0.3) is 0 Å². The van der Waals surface area contributed by atoms with Gasteiger partial charge in [-0.2, -0.15) is 0 Å². The van der Waals surface area contributed by atoms with Gasteiger partial charge in [-0.1, -0.05) is 84.1 Å². The predicted molar refractivity (Wildman–Crippen MR) is 109 cm³/mol. The highest BCUT2D eigenvalue weighted by atomic mass is 16.5. The molecule has 0 bridgehead atoms. The van der Waals surface area contributed by atoms with Crippen molar-refractivity contribution in [1.29, 1.82) is 0 Å². The minimum atomic E-state index is -0.501. The minimum absolute atomic E-state index is 0.132. The summed E-state index contributed by atoms with van der Waals surface area (Å²) in [6.07, 6.45) is 15.4. The lowest BCUT2D eigenvalue weighted by Gasteiger charge is -2.38. The summed E-state index contributed by atoms with van der Waals surface area (Å²) in [5, 5.41) is 11.1. The zero-order valence-electron chi connectivity index (χ0n) is 16.8. The van der Waals surface area contributed by atoms with E-state index in [1.54, 1.807) is 0 Å². The predicted octanol–water partition coefficient (Wildman–Crippen LogP) is 6.12. The molecule has 0 amide bonds. The van der Waals surface area contributed by atoms with Crippen molar-refractivity contribution in [1.82, 2.24) is 0 Å². The topological polar surface area (TPSA) is 29.5 Å². The van der Waals surface area contributed by atoms with Crippen molar-refractivity contribution in [3.63, 3.8) is 0 Å². The molecule has 0 fully saturated rings. The van der Waals surface area contributed by atoms with E-state index in [-0.39, 0.29) is 10.8 Å². The highest BCUT2D eigenvalue weighted by Crippen LogP contribution is 2.46. The molecule has 0 spiro atoms. The van der Waals surface area contributed by atoms with Gasteiger partial charge in [0.2, 0.25) is 0 Å². The first-order valence-corrected chi connectivity index (χ1v) is 9.34. The molecule has 2 aliphatic carbocycles. The van der Waals surface area contributed by atoms with Crippen LogP contribution >= 0.6 is 0 Å². The zero-order chi connectivity index (χ0) is 19.2. The molecule has 2 heteroatoms. The zero-order valence-corrected chi connectivity index (χ0v) is 16.8. The number of phenols is 1. The van der Waals surface area contributed by atoms with Gasteiger partial charge in [0, 0.05) is 12.0 Å². The van der Waals surface area contributed by atoms with Gasteiger partial charge >= 0.3 is 0 Å². The number of hydrogen-bond donors (Lipinski definition) is 1. The number of allylic oxidation sites excluding steroid dienone is 4. The molecule has 0 aromatic heterocycles. The first kappa shape index (κ1) is 18.6. The second-order valence-corrected chi connectivity index (χ2v) is 9.30. The van der Waals surface area contributed by atoms with Crippen molar-refractivity contribution in [2.45, 2.75) is 64.4 Å². The third kappa shape index (κ3) is 3.25. The summed E-state index contributed by atoms with van der Waals surface area (Å²) in [5.41, 5.74) is 2.09. The molecular formula is C24H30O2. The van der Waals surface area contributed by atoms with Crippen LogP contribution in [-0.4, -0.2) is 10.7 Å². The lowest BCUT2D eigenvalue weighted by atomic mass is 9.78. The Morgan fingerprint density at radius 3 is 2.35 bits per heavy atom. The number of ether oxygens (including phenoxy) is 1. The number of aromatic hydroxyl groups is 1. The number of fused-ring (bicyclic) bond motifs is 1. The van der Waals surface area contributed by atoms with E-state index in [9.17, 15) is 5.11 Å². The van der Waals surface area contributed by atoms with Gasteiger partial charge < -0.3 is 9.84 Å². The normalized spacial score (nSPS) is 22.2. The Kier molecular flexibility index (Phi) is 4.42. The molecule has 3 rings (SSSR count). The molecule has 2 aliphatic rings. The summed E-state index contributed by atoms with van der Waals surface area (Å²) < 4.78 is 6.64. The van der Waals surface area contributed by atoms with Crippen LogP contribution in [0.5, 0.6) is 11.5 Å². The van der Waals surface area contributed by atoms with Crippen LogP contribution in [0.2, 0.25) is 0 Å². The second kappa shape index (κ2) is 6.19.